The maximum atomic E-state index is 14.5. The summed E-state index contributed by atoms with van der Waals surface area (Å²) in [7, 11) is 0. The molecule has 8 nitrogen and oxygen atoms in total. The van der Waals surface area contributed by atoms with Crippen LogP contribution in [0.3, 0.4) is 0 Å². The van der Waals surface area contributed by atoms with Crippen LogP contribution in [0.2, 0.25) is 0 Å². The highest BCUT2D eigenvalue weighted by molar-refractivity contribution is 6.06. The topological polar surface area (TPSA) is 90.5 Å². The SMILES string of the molecule is O=C(Nc1ccc(-n2ccnc2)cc1)c1nnn(-c2ccccc2F)c1-c1ccncc1. The van der Waals surface area contributed by atoms with Crippen molar-refractivity contribution in [2.45, 2.75) is 0 Å². The Hall–Kier alpha value is -4.66. The quantitative estimate of drug-likeness (QED) is 0.461. The minimum Gasteiger partial charge on any atom is -0.321 e. The molecule has 0 aliphatic rings. The molecule has 2 aromatic carbocycles. The van der Waals surface area contributed by atoms with Crippen LogP contribution in [0.4, 0.5) is 10.1 Å². The highest BCUT2D eigenvalue weighted by atomic mass is 19.1. The van der Waals surface area contributed by atoms with Crippen LogP contribution in [0.25, 0.3) is 22.6 Å². The van der Waals surface area contributed by atoms with Gasteiger partial charge in [-0.2, -0.15) is 0 Å². The zero-order valence-electron chi connectivity index (χ0n) is 16.6. The van der Waals surface area contributed by atoms with Gasteiger partial charge in [-0.25, -0.2) is 14.1 Å². The van der Waals surface area contributed by atoms with Gasteiger partial charge < -0.3 is 9.88 Å². The zero-order valence-corrected chi connectivity index (χ0v) is 16.6. The minimum absolute atomic E-state index is 0.0677. The van der Waals surface area contributed by atoms with Crippen molar-refractivity contribution < 1.29 is 9.18 Å². The number of halogens is 1. The molecule has 32 heavy (non-hydrogen) atoms. The summed E-state index contributed by atoms with van der Waals surface area (Å²) < 4.78 is 17.7. The molecule has 0 aliphatic heterocycles. The first-order valence-corrected chi connectivity index (χ1v) is 9.71. The van der Waals surface area contributed by atoms with Gasteiger partial charge in [0.2, 0.25) is 0 Å². The molecule has 0 spiro atoms. The average molecular weight is 425 g/mol. The first-order chi connectivity index (χ1) is 15.7. The maximum Gasteiger partial charge on any atom is 0.278 e. The summed E-state index contributed by atoms with van der Waals surface area (Å²) in [5.74, 6) is -0.940. The van der Waals surface area contributed by atoms with E-state index in [-0.39, 0.29) is 11.4 Å². The molecular weight excluding hydrogens is 409 g/mol. The van der Waals surface area contributed by atoms with Gasteiger partial charge in [-0.05, 0) is 48.5 Å². The van der Waals surface area contributed by atoms with Crippen LogP contribution in [0, 0.1) is 5.82 Å². The summed E-state index contributed by atoms with van der Waals surface area (Å²) >= 11 is 0. The number of amides is 1. The fourth-order valence-corrected chi connectivity index (χ4v) is 3.31. The second kappa shape index (κ2) is 8.23. The summed E-state index contributed by atoms with van der Waals surface area (Å²) in [5.41, 5.74) is 2.75. The molecule has 0 saturated heterocycles. The van der Waals surface area contributed by atoms with Gasteiger partial charge in [0.25, 0.3) is 5.91 Å². The summed E-state index contributed by atoms with van der Waals surface area (Å²) in [6.07, 6.45) is 8.38. The lowest BCUT2D eigenvalue weighted by Gasteiger charge is -2.10. The molecular formula is C23H16FN7O. The molecule has 5 aromatic rings. The maximum absolute atomic E-state index is 14.5. The molecule has 9 heteroatoms. The van der Waals surface area contributed by atoms with Gasteiger partial charge >= 0.3 is 0 Å². The Bertz CT molecular complexity index is 1360. The third kappa shape index (κ3) is 3.63. The molecule has 0 fully saturated rings. The molecule has 0 radical (unpaired) electrons. The van der Waals surface area contributed by atoms with Crippen LogP contribution < -0.4 is 5.32 Å². The average Bonchev–Trinajstić information content (AvgIpc) is 3.51. The van der Waals surface area contributed by atoms with Gasteiger partial charge in [-0.15, -0.1) is 5.10 Å². The van der Waals surface area contributed by atoms with Gasteiger partial charge in [0.15, 0.2) is 5.69 Å². The Morgan fingerprint density at radius 3 is 2.41 bits per heavy atom. The third-order valence-corrected chi connectivity index (χ3v) is 4.85. The number of carbonyl (C=O) groups excluding carboxylic acids is 1. The summed E-state index contributed by atoms with van der Waals surface area (Å²) in [4.78, 5) is 21.1. The van der Waals surface area contributed by atoms with Crippen molar-refractivity contribution in [3.8, 4) is 22.6 Å². The van der Waals surface area contributed by atoms with Crippen LogP contribution in [0.1, 0.15) is 10.5 Å². The number of anilines is 1. The standard InChI is InChI=1S/C23H16FN7O/c24-19-3-1-2-4-20(19)31-22(16-9-11-25-12-10-16)21(28-29-31)23(32)27-17-5-7-18(8-6-17)30-14-13-26-15-30/h1-15H,(H,27,32). The monoisotopic (exact) mass is 425 g/mol. The van der Waals surface area contributed by atoms with Crippen molar-refractivity contribution in [2.75, 3.05) is 5.32 Å². The van der Waals surface area contributed by atoms with Gasteiger partial charge in [0.1, 0.15) is 17.2 Å². The van der Waals surface area contributed by atoms with Crippen molar-refractivity contribution in [1.29, 1.82) is 0 Å². The lowest BCUT2D eigenvalue weighted by molar-refractivity contribution is 0.102. The van der Waals surface area contributed by atoms with E-state index in [0.29, 0.717) is 16.9 Å². The third-order valence-electron chi connectivity index (χ3n) is 4.85. The molecule has 1 amide bonds. The predicted molar refractivity (Wildman–Crippen MR) is 116 cm³/mol. The fraction of sp³-hybridized carbons (Fsp3) is 0. The van der Waals surface area contributed by atoms with E-state index < -0.39 is 11.7 Å². The Balaban J connectivity index is 1.50. The van der Waals surface area contributed by atoms with Gasteiger partial charge in [-0.1, -0.05) is 17.3 Å². The van der Waals surface area contributed by atoms with Crippen LogP contribution in [0.5, 0.6) is 0 Å². The van der Waals surface area contributed by atoms with Crippen LogP contribution >= 0.6 is 0 Å². The lowest BCUT2D eigenvalue weighted by Crippen LogP contribution is -2.14. The fourth-order valence-electron chi connectivity index (χ4n) is 3.31. The van der Waals surface area contributed by atoms with Crippen molar-refractivity contribution in [3.05, 3.63) is 103 Å². The Kier molecular flexibility index (Phi) is 4.97. The summed E-state index contributed by atoms with van der Waals surface area (Å²) in [6, 6.07) is 16.9. The Morgan fingerprint density at radius 2 is 1.69 bits per heavy atom. The summed E-state index contributed by atoms with van der Waals surface area (Å²) in [6.45, 7) is 0. The summed E-state index contributed by atoms with van der Waals surface area (Å²) in [5, 5.41) is 11.0. The number of aromatic nitrogens is 6. The van der Waals surface area contributed by atoms with Crippen LogP contribution in [0.15, 0.2) is 91.8 Å². The number of para-hydroxylation sites is 1. The van der Waals surface area contributed by atoms with E-state index in [1.54, 1.807) is 67.4 Å². The number of nitrogens with one attached hydrogen (secondary N) is 1. The van der Waals surface area contributed by atoms with Gasteiger partial charge in [0, 0.05) is 41.7 Å². The smallest absolute Gasteiger partial charge is 0.278 e. The molecule has 156 valence electrons. The number of hydrogen-bond donors (Lipinski definition) is 1. The zero-order chi connectivity index (χ0) is 21.9. The highest BCUT2D eigenvalue weighted by Crippen LogP contribution is 2.27. The van der Waals surface area contributed by atoms with Crippen molar-refractivity contribution in [3.63, 3.8) is 0 Å². The molecule has 0 aliphatic carbocycles. The van der Waals surface area contributed by atoms with E-state index in [4.69, 9.17) is 0 Å². The molecule has 1 N–H and O–H groups in total. The van der Waals surface area contributed by atoms with E-state index in [0.717, 1.165) is 5.69 Å². The number of rotatable bonds is 5. The van der Waals surface area contributed by atoms with Crippen molar-refractivity contribution in [1.82, 2.24) is 29.5 Å². The van der Waals surface area contributed by atoms with Gasteiger partial charge in [0.05, 0.1) is 6.33 Å². The second-order valence-corrected chi connectivity index (χ2v) is 6.86. The highest BCUT2D eigenvalue weighted by Gasteiger charge is 2.23. The molecule has 3 heterocycles. The Labute approximate surface area is 182 Å². The molecule has 0 saturated carbocycles. The molecule has 5 rings (SSSR count). The van der Waals surface area contributed by atoms with Crippen LogP contribution in [-0.4, -0.2) is 35.4 Å². The van der Waals surface area contributed by atoms with E-state index in [1.165, 1.54) is 10.7 Å². The van der Waals surface area contributed by atoms with Crippen LogP contribution in [-0.2, 0) is 0 Å². The van der Waals surface area contributed by atoms with E-state index in [2.05, 4.69) is 25.6 Å². The number of imidazole rings is 1. The first-order valence-electron chi connectivity index (χ1n) is 9.71. The Morgan fingerprint density at radius 1 is 0.906 bits per heavy atom. The number of nitrogens with zero attached hydrogens (tertiary/aromatic N) is 6. The normalized spacial score (nSPS) is 10.8. The lowest BCUT2D eigenvalue weighted by atomic mass is 10.1. The number of pyridine rings is 1. The van der Waals surface area contributed by atoms with Gasteiger partial charge in [-0.3, -0.25) is 9.78 Å². The molecule has 0 atom stereocenters. The largest absolute Gasteiger partial charge is 0.321 e. The second-order valence-electron chi connectivity index (χ2n) is 6.86. The predicted octanol–water partition coefficient (Wildman–Crippen LogP) is 3.91. The molecule has 0 bridgehead atoms. The number of carbonyl (C=O) groups is 1. The van der Waals surface area contributed by atoms with E-state index >= 15 is 0 Å². The first kappa shape index (κ1) is 19.3. The van der Waals surface area contributed by atoms with E-state index in [1.807, 2.05) is 22.9 Å². The number of benzene rings is 2. The molecule has 0 unspecified atom stereocenters. The van der Waals surface area contributed by atoms with Crippen molar-refractivity contribution >= 4 is 11.6 Å². The van der Waals surface area contributed by atoms with E-state index in [9.17, 15) is 9.18 Å². The number of hydrogen-bond acceptors (Lipinski definition) is 5. The minimum atomic E-state index is -0.477. The van der Waals surface area contributed by atoms with Crippen molar-refractivity contribution in [2.24, 2.45) is 0 Å². The molecule has 3 aromatic heterocycles.